The Morgan fingerprint density at radius 1 is 1.00 bits per heavy atom. The molecule has 0 aliphatic rings. The van der Waals surface area contributed by atoms with Crippen LogP contribution in [0.5, 0.6) is 0 Å². The van der Waals surface area contributed by atoms with Crippen LogP contribution in [-0.4, -0.2) is 13.1 Å². The summed E-state index contributed by atoms with van der Waals surface area (Å²) in [5, 5.41) is 0. The molecule has 0 aliphatic carbocycles. The summed E-state index contributed by atoms with van der Waals surface area (Å²) in [4.78, 5) is 0. The van der Waals surface area contributed by atoms with Crippen LogP contribution in [0.4, 0.5) is 0 Å². The minimum absolute atomic E-state index is 0.569. The number of rotatable bonds is 3. The van der Waals surface area contributed by atoms with Crippen LogP contribution < -0.4 is 11.5 Å². The minimum Gasteiger partial charge on any atom is -0.330 e. The van der Waals surface area contributed by atoms with Crippen molar-refractivity contribution in [2.75, 3.05) is 13.1 Å². The zero-order chi connectivity index (χ0) is 6.57. The third kappa shape index (κ3) is 2.28. The average molecular weight is 116 g/mol. The number of hydrogen-bond acceptors (Lipinski definition) is 2. The number of hydrogen-bond donors (Lipinski definition) is 2. The van der Waals surface area contributed by atoms with Gasteiger partial charge in [0.25, 0.3) is 0 Å². The van der Waals surface area contributed by atoms with Gasteiger partial charge >= 0.3 is 0 Å². The van der Waals surface area contributed by atoms with E-state index in [1.165, 1.54) is 0 Å². The maximum Gasteiger partial charge on any atom is -0.00485 e. The van der Waals surface area contributed by atoms with Crippen molar-refractivity contribution in [3.05, 3.63) is 0 Å². The Balaban J connectivity index is 3.29. The van der Waals surface area contributed by atoms with Crippen LogP contribution in [0.15, 0.2) is 0 Å². The summed E-state index contributed by atoms with van der Waals surface area (Å²) in [6, 6.07) is 0. The summed E-state index contributed by atoms with van der Waals surface area (Å²) < 4.78 is 0. The van der Waals surface area contributed by atoms with E-state index in [-0.39, 0.29) is 0 Å². The van der Waals surface area contributed by atoms with Gasteiger partial charge in [-0.3, -0.25) is 0 Å². The first kappa shape index (κ1) is 7.92. The van der Waals surface area contributed by atoms with Crippen molar-refractivity contribution in [3.63, 3.8) is 0 Å². The SMILES string of the molecule is CC(CN)[C@H](C)CN. The lowest BCUT2D eigenvalue weighted by molar-refractivity contribution is 0.405. The summed E-state index contributed by atoms with van der Waals surface area (Å²) in [6.07, 6.45) is 0. The summed E-state index contributed by atoms with van der Waals surface area (Å²) in [5.74, 6) is 1.14. The van der Waals surface area contributed by atoms with E-state index in [1.807, 2.05) is 0 Å². The van der Waals surface area contributed by atoms with Gasteiger partial charge in [-0.25, -0.2) is 0 Å². The highest BCUT2D eigenvalue weighted by Crippen LogP contribution is 2.05. The van der Waals surface area contributed by atoms with Crippen LogP contribution in [-0.2, 0) is 0 Å². The molecule has 4 N–H and O–H groups in total. The van der Waals surface area contributed by atoms with Gasteiger partial charge in [0.1, 0.15) is 0 Å². The molecule has 0 radical (unpaired) electrons. The Bertz CT molecular complexity index is 46.5. The van der Waals surface area contributed by atoms with Gasteiger partial charge in [-0.1, -0.05) is 13.8 Å². The monoisotopic (exact) mass is 116 g/mol. The van der Waals surface area contributed by atoms with E-state index in [0.717, 1.165) is 13.1 Å². The van der Waals surface area contributed by atoms with E-state index >= 15 is 0 Å². The van der Waals surface area contributed by atoms with Crippen LogP contribution in [0.1, 0.15) is 13.8 Å². The molecule has 0 aromatic rings. The van der Waals surface area contributed by atoms with Crippen LogP contribution in [0.25, 0.3) is 0 Å². The molecule has 0 aromatic carbocycles. The van der Waals surface area contributed by atoms with Crippen molar-refractivity contribution in [1.82, 2.24) is 0 Å². The van der Waals surface area contributed by atoms with Crippen LogP contribution >= 0.6 is 0 Å². The molecule has 8 heavy (non-hydrogen) atoms. The molecule has 0 spiro atoms. The Morgan fingerprint density at radius 2 is 1.25 bits per heavy atom. The fraction of sp³-hybridized carbons (Fsp3) is 1.00. The van der Waals surface area contributed by atoms with Crippen molar-refractivity contribution < 1.29 is 0 Å². The van der Waals surface area contributed by atoms with Gasteiger partial charge in [0.05, 0.1) is 0 Å². The molecule has 0 aromatic heterocycles. The molecule has 0 saturated heterocycles. The normalized spacial score (nSPS) is 18.0. The lowest BCUT2D eigenvalue weighted by Gasteiger charge is -2.14. The molecule has 0 fully saturated rings. The lowest BCUT2D eigenvalue weighted by atomic mass is 9.97. The topological polar surface area (TPSA) is 52.0 Å². The first-order chi connectivity index (χ1) is 3.72. The maximum absolute atomic E-state index is 5.39. The second-order valence-corrected chi connectivity index (χ2v) is 2.43. The molecule has 1 unspecified atom stereocenters. The summed E-state index contributed by atoms with van der Waals surface area (Å²) in [5.41, 5.74) is 10.8. The highest BCUT2D eigenvalue weighted by molar-refractivity contribution is 4.61. The van der Waals surface area contributed by atoms with Crippen molar-refractivity contribution in [3.8, 4) is 0 Å². The summed E-state index contributed by atoms with van der Waals surface area (Å²) in [7, 11) is 0. The van der Waals surface area contributed by atoms with E-state index in [0.29, 0.717) is 11.8 Å². The Morgan fingerprint density at radius 3 is 1.38 bits per heavy atom. The Hall–Kier alpha value is -0.0800. The quantitative estimate of drug-likeness (QED) is 0.552. The molecular formula is C6H16N2. The van der Waals surface area contributed by atoms with Gasteiger partial charge in [0.2, 0.25) is 0 Å². The van der Waals surface area contributed by atoms with E-state index in [9.17, 15) is 0 Å². The smallest absolute Gasteiger partial charge is 0.00485 e. The van der Waals surface area contributed by atoms with Gasteiger partial charge < -0.3 is 11.5 Å². The number of nitrogens with two attached hydrogens (primary N) is 2. The molecule has 50 valence electrons. The molecule has 0 rings (SSSR count). The Labute approximate surface area is 51.2 Å². The van der Waals surface area contributed by atoms with Crippen LogP contribution in [0.2, 0.25) is 0 Å². The predicted octanol–water partition coefficient (Wildman–Crippen LogP) is 0.176. The second-order valence-electron chi connectivity index (χ2n) is 2.43. The van der Waals surface area contributed by atoms with Gasteiger partial charge in [-0.2, -0.15) is 0 Å². The van der Waals surface area contributed by atoms with Gasteiger partial charge in [-0.15, -0.1) is 0 Å². The maximum atomic E-state index is 5.39. The van der Waals surface area contributed by atoms with Gasteiger partial charge in [0.15, 0.2) is 0 Å². The third-order valence-electron chi connectivity index (χ3n) is 1.71. The third-order valence-corrected chi connectivity index (χ3v) is 1.71. The van der Waals surface area contributed by atoms with Crippen LogP contribution in [0.3, 0.4) is 0 Å². The molecule has 0 saturated carbocycles. The van der Waals surface area contributed by atoms with E-state index in [4.69, 9.17) is 11.5 Å². The molecule has 0 amide bonds. The van der Waals surface area contributed by atoms with E-state index in [2.05, 4.69) is 13.8 Å². The van der Waals surface area contributed by atoms with Crippen molar-refractivity contribution in [2.24, 2.45) is 23.3 Å². The molecule has 0 aliphatic heterocycles. The van der Waals surface area contributed by atoms with Gasteiger partial charge in [-0.05, 0) is 24.9 Å². The van der Waals surface area contributed by atoms with Crippen molar-refractivity contribution in [2.45, 2.75) is 13.8 Å². The highest BCUT2D eigenvalue weighted by atomic mass is 14.6. The molecule has 0 bridgehead atoms. The largest absolute Gasteiger partial charge is 0.330 e. The van der Waals surface area contributed by atoms with E-state index < -0.39 is 0 Å². The summed E-state index contributed by atoms with van der Waals surface area (Å²) >= 11 is 0. The predicted molar refractivity (Wildman–Crippen MR) is 36.4 cm³/mol. The van der Waals surface area contributed by atoms with Crippen molar-refractivity contribution in [1.29, 1.82) is 0 Å². The molecule has 2 nitrogen and oxygen atoms in total. The lowest BCUT2D eigenvalue weighted by Crippen LogP contribution is -2.24. The van der Waals surface area contributed by atoms with E-state index in [1.54, 1.807) is 0 Å². The average Bonchev–Trinajstić information content (AvgIpc) is 1.84. The minimum atomic E-state index is 0.569. The fourth-order valence-electron chi connectivity index (χ4n) is 0.465. The second kappa shape index (κ2) is 3.87. The molecular weight excluding hydrogens is 100 g/mol. The van der Waals surface area contributed by atoms with Gasteiger partial charge in [0, 0.05) is 0 Å². The Kier molecular flexibility index (Phi) is 3.83. The highest BCUT2D eigenvalue weighted by Gasteiger charge is 2.06. The zero-order valence-corrected chi connectivity index (χ0v) is 5.72. The molecule has 2 heteroatoms. The molecule has 2 atom stereocenters. The summed E-state index contributed by atoms with van der Waals surface area (Å²) in [6.45, 7) is 5.74. The standard InChI is InChI=1S/C6H16N2/c1-5(3-7)6(2)4-8/h5-6H,3-4,7-8H2,1-2H3/t5-,6?/m1/s1. The first-order valence-corrected chi connectivity index (χ1v) is 3.12. The zero-order valence-electron chi connectivity index (χ0n) is 5.72. The van der Waals surface area contributed by atoms with Crippen LogP contribution in [0, 0.1) is 11.8 Å². The molecule has 0 heterocycles. The fourth-order valence-corrected chi connectivity index (χ4v) is 0.465. The van der Waals surface area contributed by atoms with Crippen molar-refractivity contribution >= 4 is 0 Å². The first-order valence-electron chi connectivity index (χ1n) is 3.12.